The van der Waals surface area contributed by atoms with Gasteiger partial charge in [-0.05, 0) is 65.4 Å². The van der Waals surface area contributed by atoms with Gasteiger partial charge in [-0.2, -0.15) is 8.42 Å². The highest BCUT2D eigenvalue weighted by Crippen LogP contribution is 2.45. The molecule has 0 saturated heterocycles. The normalized spacial score (nSPS) is 12.1. The second-order valence-corrected chi connectivity index (χ2v) is 15.1. The second-order valence-electron chi connectivity index (χ2n) is 12.9. The van der Waals surface area contributed by atoms with Gasteiger partial charge in [0, 0.05) is 53.0 Å². The lowest BCUT2D eigenvalue weighted by atomic mass is 9.93. The van der Waals surface area contributed by atoms with Gasteiger partial charge in [0.25, 0.3) is 10.1 Å². The van der Waals surface area contributed by atoms with Crippen LogP contribution in [-0.4, -0.2) is 31.2 Å². The molecule has 0 amide bonds. The number of rotatable bonds is 13. The minimum atomic E-state index is -4.76. The van der Waals surface area contributed by atoms with Crippen LogP contribution in [0.25, 0.3) is 57.7 Å². The Labute approximate surface area is 319 Å². The maximum atomic E-state index is 12.8. The van der Waals surface area contributed by atoms with Crippen LogP contribution in [0.4, 0.5) is 5.69 Å². The van der Waals surface area contributed by atoms with Crippen molar-refractivity contribution in [1.29, 1.82) is 0 Å². The predicted octanol–water partition coefficient (Wildman–Crippen LogP) is 11.6. The minimum Gasteiger partial charge on any atom is -0.506 e. The Morgan fingerprint density at radius 1 is 0.698 bits per heavy atom. The van der Waals surface area contributed by atoms with Crippen LogP contribution in [0.5, 0.6) is 5.75 Å². The molecule has 0 spiro atoms. The van der Waals surface area contributed by atoms with E-state index in [0.29, 0.717) is 22.1 Å². The molecular formula is C43H39Cl2NO6S. The average Bonchev–Trinajstić information content (AvgIpc) is 3.14. The van der Waals surface area contributed by atoms with Gasteiger partial charge < -0.3 is 14.4 Å². The van der Waals surface area contributed by atoms with Crippen LogP contribution >= 0.6 is 23.2 Å². The summed E-state index contributed by atoms with van der Waals surface area (Å²) in [6.45, 7) is 6.59. The molecule has 6 rings (SSSR count). The van der Waals surface area contributed by atoms with Crippen molar-refractivity contribution >= 4 is 74.3 Å². The highest BCUT2D eigenvalue weighted by atomic mass is 35.5. The molecule has 2 N–H and O–H groups in total. The third-order valence-electron chi connectivity index (χ3n) is 9.09. The van der Waals surface area contributed by atoms with E-state index in [1.807, 2.05) is 30.3 Å². The van der Waals surface area contributed by atoms with E-state index in [1.165, 1.54) is 61.7 Å². The molecule has 7 nitrogen and oxygen atoms in total. The van der Waals surface area contributed by atoms with Gasteiger partial charge in [0.15, 0.2) is 0 Å². The molecule has 2 aliphatic rings. The number of unbranched alkanes of at least 4 members (excludes halogenated alkanes) is 2. The molecule has 1 aliphatic heterocycles. The first-order chi connectivity index (χ1) is 25.4. The van der Waals surface area contributed by atoms with Crippen molar-refractivity contribution in [2.75, 3.05) is 18.0 Å². The lowest BCUT2D eigenvalue weighted by molar-refractivity contribution is 0.474. The molecule has 4 aromatic rings. The first kappa shape index (κ1) is 37.9. The van der Waals surface area contributed by atoms with E-state index in [-0.39, 0.29) is 37.6 Å². The van der Waals surface area contributed by atoms with E-state index in [0.717, 1.165) is 29.8 Å². The Balaban J connectivity index is 1.26. The molecular weight excluding hydrogens is 729 g/mol. The molecule has 53 heavy (non-hydrogen) atoms. The van der Waals surface area contributed by atoms with Crippen molar-refractivity contribution in [3.63, 3.8) is 0 Å². The summed E-state index contributed by atoms with van der Waals surface area (Å²) in [5, 5.41) is 10.5. The summed E-state index contributed by atoms with van der Waals surface area (Å²) in [6.07, 6.45) is 12.5. The van der Waals surface area contributed by atoms with E-state index >= 15 is 0 Å². The van der Waals surface area contributed by atoms with Gasteiger partial charge in [-0.15, -0.1) is 0 Å². The Morgan fingerprint density at radius 2 is 1.25 bits per heavy atom. The third kappa shape index (κ3) is 8.86. The van der Waals surface area contributed by atoms with Gasteiger partial charge in [0.1, 0.15) is 22.0 Å². The standard InChI is InChI=1S/C43H39Cl2NO6S/c1-3-5-21-46(22-6-4-2)32-18-15-30(16-19-32)12-11-28-7-9-29(10-8-28)13-14-31-17-20-33(42(23-31)53(49,50)51)43-34-24-36(44)38(47)26-40(34)52-41-27-39(48)37(45)25-35(41)43/h7-20,23-27,47H,3-6,21-22H2,1-2H3,(H,49,50,51)/b12-11+,14-13+. The van der Waals surface area contributed by atoms with Gasteiger partial charge >= 0.3 is 0 Å². The van der Waals surface area contributed by atoms with Crippen molar-refractivity contribution < 1.29 is 22.5 Å². The summed E-state index contributed by atoms with van der Waals surface area (Å²) in [6, 6.07) is 26.5. The molecule has 272 valence electrons. The van der Waals surface area contributed by atoms with Crippen LogP contribution < -0.4 is 10.3 Å². The summed E-state index contributed by atoms with van der Waals surface area (Å²) >= 11 is 12.5. The van der Waals surface area contributed by atoms with Crippen LogP contribution in [-0.2, 0) is 10.1 Å². The van der Waals surface area contributed by atoms with Gasteiger partial charge in [-0.25, -0.2) is 0 Å². The van der Waals surface area contributed by atoms with Crippen molar-refractivity contribution in [3.8, 4) is 28.2 Å². The molecule has 0 atom stereocenters. The van der Waals surface area contributed by atoms with Crippen LogP contribution in [0.15, 0.2) is 105 Å². The number of hydrogen-bond acceptors (Lipinski definition) is 6. The zero-order chi connectivity index (χ0) is 37.7. The van der Waals surface area contributed by atoms with E-state index < -0.39 is 15.5 Å². The van der Waals surface area contributed by atoms with Crippen LogP contribution in [0.2, 0.25) is 10.0 Å². The number of phenolic OH excluding ortho intramolecular Hbond substituents is 1. The van der Waals surface area contributed by atoms with Crippen molar-refractivity contribution in [1.82, 2.24) is 0 Å². The fourth-order valence-electron chi connectivity index (χ4n) is 6.22. The van der Waals surface area contributed by atoms with Crippen LogP contribution in [0.1, 0.15) is 61.8 Å². The molecule has 0 saturated carbocycles. The van der Waals surface area contributed by atoms with Crippen LogP contribution in [0.3, 0.4) is 0 Å². The second kappa shape index (κ2) is 16.4. The topological polar surface area (TPSA) is 108 Å². The zero-order valence-corrected chi connectivity index (χ0v) is 31.7. The maximum Gasteiger partial charge on any atom is 0.295 e. The Hall–Kier alpha value is -4.86. The summed E-state index contributed by atoms with van der Waals surface area (Å²) < 4.78 is 42.0. The smallest absolute Gasteiger partial charge is 0.295 e. The highest BCUT2D eigenvalue weighted by Gasteiger charge is 2.25. The number of fused-ring (bicyclic) bond motifs is 2. The fraction of sp³-hybridized carbons (Fsp3) is 0.186. The predicted molar refractivity (Wildman–Crippen MR) is 219 cm³/mol. The van der Waals surface area contributed by atoms with E-state index in [4.69, 9.17) is 27.6 Å². The molecule has 1 aliphatic carbocycles. The summed E-state index contributed by atoms with van der Waals surface area (Å²) in [7, 11) is -4.76. The lowest BCUT2D eigenvalue weighted by Crippen LogP contribution is -2.25. The molecule has 0 fully saturated rings. The number of halogens is 2. The van der Waals surface area contributed by atoms with Gasteiger partial charge in [-0.1, -0.05) is 123 Å². The number of benzene rings is 5. The fourth-order valence-corrected chi connectivity index (χ4v) is 7.28. The summed E-state index contributed by atoms with van der Waals surface area (Å²) in [5.74, 6) is -0.154. The Bertz CT molecular complexity index is 2450. The number of phenols is 1. The van der Waals surface area contributed by atoms with Crippen molar-refractivity contribution in [2.45, 2.75) is 44.4 Å². The van der Waals surface area contributed by atoms with Crippen molar-refractivity contribution in [2.24, 2.45) is 0 Å². The van der Waals surface area contributed by atoms with Gasteiger partial charge in [-0.3, -0.25) is 9.35 Å². The number of aromatic hydroxyl groups is 1. The molecule has 0 unspecified atom stereocenters. The number of nitrogens with zero attached hydrogens (tertiary/aromatic N) is 1. The molecule has 10 heteroatoms. The number of anilines is 1. The quantitative estimate of drug-likeness (QED) is 0.0684. The SMILES string of the molecule is CCCCN(CCCC)c1ccc(/C=C/c2ccc(/C=C/c3ccc(-c4c5cc(Cl)c(=O)cc-5oc5cc(O)c(Cl)cc45)c(S(=O)(=O)O)c3)cc2)cc1. The average molecular weight is 769 g/mol. The number of hydrogen-bond donors (Lipinski definition) is 2. The van der Waals surface area contributed by atoms with E-state index in [1.54, 1.807) is 18.2 Å². The highest BCUT2D eigenvalue weighted by molar-refractivity contribution is 7.86. The van der Waals surface area contributed by atoms with Crippen LogP contribution in [0, 0.1) is 0 Å². The summed E-state index contributed by atoms with van der Waals surface area (Å²) in [5.41, 5.74) is 5.20. The first-order valence-corrected chi connectivity index (χ1v) is 19.7. The lowest BCUT2D eigenvalue weighted by Gasteiger charge is -2.24. The zero-order valence-electron chi connectivity index (χ0n) is 29.4. The molecule has 1 heterocycles. The van der Waals surface area contributed by atoms with Gasteiger partial charge in [0.05, 0.1) is 10.0 Å². The maximum absolute atomic E-state index is 12.8. The third-order valence-corrected chi connectivity index (χ3v) is 10.6. The molecule has 4 aromatic carbocycles. The Kier molecular flexibility index (Phi) is 11.7. The largest absolute Gasteiger partial charge is 0.506 e. The molecule has 0 aromatic heterocycles. The van der Waals surface area contributed by atoms with E-state index in [2.05, 4.69) is 55.2 Å². The Morgan fingerprint density at radius 3 is 1.81 bits per heavy atom. The summed E-state index contributed by atoms with van der Waals surface area (Å²) in [4.78, 5) is 14.5. The monoisotopic (exact) mass is 767 g/mol. The molecule has 0 radical (unpaired) electrons. The van der Waals surface area contributed by atoms with E-state index in [9.17, 15) is 22.9 Å². The minimum absolute atomic E-state index is 0.00430. The first-order valence-electron chi connectivity index (χ1n) is 17.5. The van der Waals surface area contributed by atoms with Gasteiger partial charge in [0.2, 0.25) is 5.43 Å². The van der Waals surface area contributed by atoms with Crippen molar-refractivity contribution in [3.05, 3.63) is 134 Å². The molecule has 0 bridgehead atoms.